The van der Waals surface area contributed by atoms with E-state index in [1.54, 1.807) is 13.0 Å². The van der Waals surface area contributed by atoms with Gasteiger partial charge in [-0.1, -0.05) is 25.1 Å². The average molecular weight is 370 g/mol. The van der Waals surface area contributed by atoms with Crippen LogP contribution in [0.4, 0.5) is 13.2 Å². The Morgan fingerprint density at radius 3 is 1.96 bits per heavy atom. The molecular formula is C19H26BF3O3. The maximum absolute atomic E-state index is 12.6. The molecule has 1 aliphatic heterocycles. The number of aliphatic hydroxyl groups is 1. The Kier molecular flexibility index (Phi) is 5.67. The van der Waals surface area contributed by atoms with Crippen LogP contribution in [0.15, 0.2) is 29.8 Å². The molecule has 1 saturated heterocycles. The summed E-state index contributed by atoms with van der Waals surface area (Å²) in [5, 5.41) is 10.6. The highest BCUT2D eigenvalue weighted by atomic mass is 19.4. The van der Waals surface area contributed by atoms with Crippen molar-refractivity contribution in [3.05, 3.63) is 41.0 Å². The second-order valence-electron chi connectivity index (χ2n) is 7.94. The molecule has 1 aromatic rings. The number of benzene rings is 1. The third-order valence-electron chi connectivity index (χ3n) is 5.30. The number of hydrogen-bond donors (Lipinski definition) is 1. The molecule has 0 aliphatic carbocycles. The van der Waals surface area contributed by atoms with Crippen molar-refractivity contribution in [3.63, 3.8) is 0 Å². The molecule has 0 aromatic heterocycles. The van der Waals surface area contributed by atoms with Crippen LogP contribution in [0.3, 0.4) is 0 Å². The van der Waals surface area contributed by atoms with E-state index in [0.29, 0.717) is 11.1 Å². The smallest absolute Gasteiger partial charge is 0.403 e. The molecule has 0 amide bonds. The topological polar surface area (TPSA) is 38.7 Å². The van der Waals surface area contributed by atoms with E-state index in [0.717, 1.165) is 12.1 Å². The minimum atomic E-state index is -4.36. The maximum atomic E-state index is 12.6. The van der Waals surface area contributed by atoms with Crippen LogP contribution >= 0.6 is 0 Å². The minimum absolute atomic E-state index is 0.332. The highest BCUT2D eigenvalue weighted by molar-refractivity contribution is 6.47. The van der Waals surface area contributed by atoms with Crippen molar-refractivity contribution in [2.45, 2.75) is 70.8 Å². The molecule has 0 saturated carbocycles. The van der Waals surface area contributed by atoms with Crippen molar-refractivity contribution >= 4 is 13.2 Å². The van der Waals surface area contributed by atoms with E-state index in [-0.39, 0.29) is 5.82 Å². The fourth-order valence-corrected chi connectivity index (χ4v) is 2.78. The van der Waals surface area contributed by atoms with Gasteiger partial charge in [0, 0.05) is 5.82 Å². The molecule has 0 unspecified atom stereocenters. The third-order valence-corrected chi connectivity index (χ3v) is 5.30. The van der Waals surface area contributed by atoms with Gasteiger partial charge in [0.25, 0.3) is 0 Å². The van der Waals surface area contributed by atoms with Crippen LogP contribution in [0.1, 0.15) is 52.7 Å². The van der Waals surface area contributed by atoms with Crippen LogP contribution in [0.25, 0.3) is 6.08 Å². The summed E-state index contributed by atoms with van der Waals surface area (Å²) in [6, 6.07) is 4.84. The molecule has 2 rings (SSSR count). The van der Waals surface area contributed by atoms with E-state index in [1.165, 1.54) is 12.1 Å². The van der Waals surface area contributed by atoms with Crippen molar-refractivity contribution in [3.8, 4) is 0 Å². The molecule has 1 heterocycles. The standard InChI is InChI=1S/C19H26BF3O3/c1-12(11-14-7-9-15(10-8-14)19(21,22)23)16(24)13(2)20-25-17(3,4)18(5,6)26-20/h7-11,13,16,24H,1-6H3/b12-11+/t13-,16-/m0/s1. The normalized spacial score (nSPS) is 22.4. The SMILES string of the molecule is C/C(=C\c1ccc(C(F)(F)F)cc1)[C@H](O)[C@H](C)B1OC(C)(C)C(C)(C)O1. The van der Waals surface area contributed by atoms with Crippen molar-refractivity contribution in [2.24, 2.45) is 0 Å². The van der Waals surface area contributed by atoms with Crippen LogP contribution in [0.2, 0.25) is 5.82 Å². The summed E-state index contributed by atoms with van der Waals surface area (Å²) < 4.78 is 49.8. The van der Waals surface area contributed by atoms with Gasteiger partial charge < -0.3 is 14.4 Å². The lowest BCUT2D eigenvalue weighted by atomic mass is 9.68. The van der Waals surface area contributed by atoms with E-state index < -0.39 is 36.2 Å². The summed E-state index contributed by atoms with van der Waals surface area (Å²) in [6.45, 7) is 11.3. The summed E-state index contributed by atoms with van der Waals surface area (Å²) in [7, 11) is -0.564. The zero-order valence-corrected chi connectivity index (χ0v) is 16.0. The molecule has 0 radical (unpaired) electrons. The Hall–Kier alpha value is -1.31. The van der Waals surface area contributed by atoms with Crippen molar-refractivity contribution in [1.82, 2.24) is 0 Å². The summed E-state index contributed by atoms with van der Waals surface area (Å²) in [5.74, 6) is -0.332. The molecule has 3 nitrogen and oxygen atoms in total. The van der Waals surface area contributed by atoms with Gasteiger partial charge in [-0.05, 0) is 57.9 Å². The average Bonchev–Trinajstić information content (AvgIpc) is 2.73. The first kappa shape index (κ1) is 21.0. The molecule has 26 heavy (non-hydrogen) atoms. The van der Waals surface area contributed by atoms with Gasteiger partial charge in [0.05, 0.1) is 22.9 Å². The largest absolute Gasteiger partial charge is 0.463 e. The van der Waals surface area contributed by atoms with E-state index in [4.69, 9.17) is 9.31 Å². The first-order valence-corrected chi connectivity index (χ1v) is 8.64. The Morgan fingerprint density at radius 1 is 1.08 bits per heavy atom. The molecule has 1 N–H and O–H groups in total. The molecule has 1 aliphatic rings. The summed E-state index contributed by atoms with van der Waals surface area (Å²) >= 11 is 0. The highest BCUT2D eigenvalue weighted by Gasteiger charge is 2.53. The zero-order chi connectivity index (χ0) is 19.9. The van der Waals surface area contributed by atoms with Crippen molar-refractivity contribution in [2.75, 3.05) is 0 Å². The first-order valence-electron chi connectivity index (χ1n) is 8.64. The maximum Gasteiger partial charge on any atom is 0.463 e. The summed E-state index contributed by atoms with van der Waals surface area (Å²) in [5.41, 5.74) is -0.450. The van der Waals surface area contributed by atoms with Gasteiger partial charge in [-0.25, -0.2) is 0 Å². The number of hydrogen-bond acceptors (Lipinski definition) is 3. The molecule has 1 aromatic carbocycles. The number of aliphatic hydroxyl groups excluding tert-OH is 1. The van der Waals surface area contributed by atoms with Gasteiger partial charge in [-0.15, -0.1) is 0 Å². The summed E-state index contributed by atoms with van der Waals surface area (Å²) in [6.07, 6.45) is -3.53. The number of alkyl halides is 3. The molecule has 144 valence electrons. The zero-order valence-electron chi connectivity index (χ0n) is 16.0. The van der Waals surface area contributed by atoms with Crippen LogP contribution in [0.5, 0.6) is 0 Å². The highest BCUT2D eigenvalue weighted by Crippen LogP contribution is 2.41. The second kappa shape index (κ2) is 7.02. The quantitative estimate of drug-likeness (QED) is 0.762. The molecule has 0 bridgehead atoms. The van der Waals surface area contributed by atoms with E-state index in [9.17, 15) is 18.3 Å². The van der Waals surface area contributed by atoms with E-state index in [1.807, 2.05) is 34.6 Å². The summed E-state index contributed by atoms with van der Waals surface area (Å²) in [4.78, 5) is 0. The predicted octanol–water partition coefficient (Wildman–Crippen LogP) is 4.95. The third kappa shape index (κ3) is 4.33. The predicted molar refractivity (Wildman–Crippen MR) is 96.6 cm³/mol. The van der Waals surface area contributed by atoms with E-state index >= 15 is 0 Å². The van der Waals surface area contributed by atoms with Gasteiger partial charge in [-0.2, -0.15) is 13.2 Å². The number of halogens is 3. The monoisotopic (exact) mass is 370 g/mol. The Balaban J connectivity index is 2.11. The lowest BCUT2D eigenvalue weighted by molar-refractivity contribution is -0.137. The molecule has 7 heteroatoms. The first-order chi connectivity index (χ1) is 11.7. The minimum Gasteiger partial charge on any atom is -0.403 e. The van der Waals surface area contributed by atoms with Gasteiger partial charge >= 0.3 is 13.3 Å². The van der Waals surface area contributed by atoms with Crippen LogP contribution in [0, 0.1) is 0 Å². The van der Waals surface area contributed by atoms with Crippen molar-refractivity contribution < 1.29 is 27.6 Å². The van der Waals surface area contributed by atoms with Crippen molar-refractivity contribution in [1.29, 1.82) is 0 Å². The molecule has 1 fully saturated rings. The van der Waals surface area contributed by atoms with Gasteiger partial charge in [-0.3, -0.25) is 0 Å². The van der Waals surface area contributed by atoms with Gasteiger partial charge in [0.15, 0.2) is 0 Å². The number of rotatable bonds is 4. The fourth-order valence-electron chi connectivity index (χ4n) is 2.78. The lowest BCUT2D eigenvalue weighted by Gasteiger charge is -2.32. The van der Waals surface area contributed by atoms with Crippen LogP contribution in [-0.2, 0) is 15.5 Å². The van der Waals surface area contributed by atoms with Crippen LogP contribution in [-0.4, -0.2) is 29.5 Å². The molecule has 2 atom stereocenters. The Labute approximate surface area is 153 Å². The molecular weight excluding hydrogens is 344 g/mol. The Bertz CT molecular complexity index is 650. The fraction of sp³-hybridized carbons (Fsp3) is 0.579. The molecule has 0 spiro atoms. The lowest BCUT2D eigenvalue weighted by Crippen LogP contribution is -2.41. The van der Waals surface area contributed by atoms with Gasteiger partial charge in [0.1, 0.15) is 0 Å². The second-order valence-corrected chi connectivity index (χ2v) is 7.94. The van der Waals surface area contributed by atoms with Gasteiger partial charge in [0.2, 0.25) is 0 Å². The van der Waals surface area contributed by atoms with Crippen LogP contribution < -0.4 is 0 Å². The van der Waals surface area contributed by atoms with E-state index in [2.05, 4.69) is 0 Å². The Morgan fingerprint density at radius 2 is 1.54 bits per heavy atom.